The third-order valence-corrected chi connectivity index (χ3v) is 3.74. The lowest BCUT2D eigenvalue weighted by molar-refractivity contribution is 0.242. The van der Waals surface area contributed by atoms with Crippen molar-refractivity contribution in [2.24, 2.45) is 0 Å². The average molecular weight is 296 g/mol. The average Bonchev–Trinajstić information content (AvgIpc) is 2.85. The quantitative estimate of drug-likeness (QED) is 0.841. The van der Waals surface area contributed by atoms with Crippen molar-refractivity contribution in [2.45, 2.75) is 31.3 Å². The van der Waals surface area contributed by atoms with Crippen LogP contribution >= 0.6 is 0 Å². The van der Waals surface area contributed by atoms with Crippen LogP contribution in [0.4, 0.5) is 0 Å². The van der Waals surface area contributed by atoms with E-state index in [9.17, 15) is 8.42 Å². The monoisotopic (exact) mass is 296 g/mol. The minimum atomic E-state index is -3.19. The van der Waals surface area contributed by atoms with Crippen LogP contribution < -0.4 is 4.74 Å². The highest BCUT2D eigenvalue weighted by Crippen LogP contribution is 2.17. The first-order chi connectivity index (χ1) is 9.36. The summed E-state index contributed by atoms with van der Waals surface area (Å²) in [5.41, 5.74) is 0. The highest BCUT2D eigenvalue weighted by molar-refractivity contribution is 7.90. The van der Waals surface area contributed by atoms with Crippen LogP contribution in [-0.4, -0.2) is 24.8 Å². The maximum Gasteiger partial charge on any atom is 0.264 e. The minimum absolute atomic E-state index is 0.151. The number of benzene rings is 1. The summed E-state index contributed by atoms with van der Waals surface area (Å²) >= 11 is 0. The first kappa shape index (κ1) is 14.5. The highest BCUT2D eigenvalue weighted by atomic mass is 32.2. The lowest BCUT2D eigenvalue weighted by atomic mass is 10.2. The first-order valence-corrected chi connectivity index (χ1v) is 8.01. The molecule has 1 aromatic heterocycles. The zero-order valence-corrected chi connectivity index (χ0v) is 12.3. The van der Waals surface area contributed by atoms with Crippen LogP contribution in [0, 0.1) is 0 Å². The largest absolute Gasteiger partial charge is 0.484 e. The molecule has 0 bridgehead atoms. The molecule has 2 rings (SSSR count). The molecule has 0 atom stereocenters. The van der Waals surface area contributed by atoms with Crippen molar-refractivity contribution in [3.05, 3.63) is 36.0 Å². The molecule has 7 heteroatoms. The summed E-state index contributed by atoms with van der Waals surface area (Å²) < 4.78 is 33.1. The van der Waals surface area contributed by atoms with Crippen molar-refractivity contribution >= 4 is 9.84 Å². The lowest BCUT2D eigenvalue weighted by Gasteiger charge is -2.04. The molecule has 0 radical (unpaired) electrons. The van der Waals surface area contributed by atoms with Crippen molar-refractivity contribution in [2.75, 3.05) is 6.26 Å². The fourth-order valence-electron chi connectivity index (χ4n) is 1.49. The Hall–Kier alpha value is -1.89. The molecule has 0 fully saturated rings. The van der Waals surface area contributed by atoms with Gasteiger partial charge in [0.25, 0.3) is 5.89 Å². The lowest BCUT2D eigenvalue weighted by Crippen LogP contribution is -1.99. The second-order valence-corrected chi connectivity index (χ2v) is 6.75. The van der Waals surface area contributed by atoms with Gasteiger partial charge in [-0.15, -0.1) is 0 Å². The predicted octanol–water partition coefficient (Wildman–Crippen LogP) is 2.18. The first-order valence-electron chi connectivity index (χ1n) is 6.11. The van der Waals surface area contributed by atoms with Gasteiger partial charge in [0.2, 0.25) is 0 Å². The summed E-state index contributed by atoms with van der Waals surface area (Å²) in [6, 6.07) is 6.18. The Morgan fingerprint density at radius 1 is 1.25 bits per heavy atom. The van der Waals surface area contributed by atoms with Gasteiger partial charge >= 0.3 is 0 Å². The molecule has 0 saturated carbocycles. The molecule has 0 aliphatic heterocycles. The standard InChI is InChI=1S/C13H16N2O4S/c1-9(2)13-14-12(19-15-13)8-18-10-4-6-11(7-5-10)20(3,16)17/h4-7,9H,8H2,1-3H3. The van der Waals surface area contributed by atoms with E-state index in [1.165, 1.54) is 12.1 Å². The Balaban J connectivity index is 2.00. The summed E-state index contributed by atoms with van der Waals surface area (Å²) in [6.45, 7) is 4.09. The van der Waals surface area contributed by atoms with Gasteiger partial charge in [-0.2, -0.15) is 4.98 Å². The van der Waals surface area contributed by atoms with Crippen LogP contribution in [0.15, 0.2) is 33.7 Å². The Morgan fingerprint density at radius 2 is 1.90 bits per heavy atom. The van der Waals surface area contributed by atoms with Crippen molar-refractivity contribution < 1.29 is 17.7 Å². The molecule has 0 unspecified atom stereocenters. The maximum atomic E-state index is 11.3. The normalized spacial score (nSPS) is 11.8. The molecule has 6 nitrogen and oxygen atoms in total. The number of nitrogens with zero attached hydrogens (tertiary/aromatic N) is 2. The molecule has 1 aromatic carbocycles. The molecule has 20 heavy (non-hydrogen) atoms. The van der Waals surface area contributed by atoms with E-state index in [1.54, 1.807) is 12.1 Å². The number of hydrogen-bond acceptors (Lipinski definition) is 6. The zero-order valence-electron chi connectivity index (χ0n) is 11.5. The van der Waals surface area contributed by atoms with E-state index < -0.39 is 9.84 Å². The molecule has 0 spiro atoms. The fourth-order valence-corrected chi connectivity index (χ4v) is 2.12. The van der Waals surface area contributed by atoms with E-state index in [-0.39, 0.29) is 17.4 Å². The molecule has 0 N–H and O–H groups in total. The summed E-state index contributed by atoms with van der Waals surface area (Å²) in [7, 11) is -3.19. The van der Waals surface area contributed by atoms with E-state index in [0.717, 1.165) is 6.26 Å². The van der Waals surface area contributed by atoms with Crippen LogP contribution in [0.5, 0.6) is 5.75 Å². The predicted molar refractivity (Wildman–Crippen MR) is 72.3 cm³/mol. The van der Waals surface area contributed by atoms with Crippen LogP contribution in [-0.2, 0) is 16.4 Å². The van der Waals surface area contributed by atoms with Gasteiger partial charge in [-0.1, -0.05) is 19.0 Å². The zero-order chi connectivity index (χ0) is 14.8. The number of rotatable bonds is 5. The van der Waals surface area contributed by atoms with E-state index in [4.69, 9.17) is 9.26 Å². The van der Waals surface area contributed by atoms with Gasteiger partial charge in [-0.25, -0.2) is 8.42 Å². The summed E-state index contributed by atoms with van der Waals surface area (Å²) in [4.78, 5) is 4.44. The topological polar surface area (TPSA) is 82.3 Å². The molecule has 1 heterocycles. The van der Waals surface area contributed by atoms with Gasteiger partial charge in [0.05, 0.1) is 4.90 Å². The second kappa shape index (κ2) is 5.62. The van der Waals surface area contributed by atoms with Gasteiger partial charge < -0.3 is 9.26 Å². The maximum absolute atomic E-state index is 11.3. The van der Waals surface area contributed by atoms with E-state index >= 15 is 0 Å². The van der Waals surface area contributed by atoms with Gasteiger partial charge in [-0.05, 0) is 24.3 Å². The van der Waals surface area contributed by atoms with Crippen molar-refractivity contribution in [1.82, 2.24) is 10.1 Å². The third kappa shape index (κ3) is 3.57. The SMILES string of the molecule is CC(C)c1noc(COc2ccc(S(C)(=O)=O)cc2)n1. The fraction of sp³-hybridized carbons (Fsp3) is 0.385. The van der Waals surface area contributed by atoms with Gasteiger partial charge in [0, 0.05) is 12.2 Å². The summed E-state index contributed by atoms with van der Waals surface area (Å²) in [5, 5.41) is 3.83. The number of hydrogen-bond donors (Lipinski definition) is 0. The van der Waals surface area contributed by atoms with E-state index in [0.29, 0.717) is 17.5 Å². The number of ether oxygens (including phenoxy) is 1. The second-order valence-electron chi connectivity index (χ2n) is 4.73. The number of sulfone groups is 1. The van der Waals surface area contributed by atoms with E-state index in [1.807, 2.05) is 13.8 Å². The van der Waals surface area contributed by atoms with Gasteiger partial charge in [0.15, 0.2) is 22.3 Å². The van der Waals surface area contributed by atoms with Gasteiger partial charge in [-0.3, -0.25) is 0 Å². The smallest absolute Gasteiger partial charge is 0.264 e. The van der Waals surface area contributed by atoms with Crippen LogP contribution in [0.3, 0.4) is 0 Å². The molecule has 2 aromatic rings. The van der Waals surface area contributed by atoms with Crippen molar-refractivity contribution in [3.8, 4) is 5.75 Å². The Kier molecular flexibility index (Phi) is 4.08. The molecule has 0 saturated heterocycles. The third-order valence-electron chi connectivity index (χ3n) is 2.61. The molecule has 108 valence electrons. The minimum Gasteiger partial charge on any atom is -0.484 e. The molecule has 0 amide bonds. The highest BCUT2D eigenvalue weighted by Gasteiger charge is 2.10. The van der Waals surface area contributed by atoms with Crippen molar-refractivity contribution in [1.29, 1.82) is 0 Å². The molecular weight excluding hydrogens is 280 g/mol. The Bertz CT molecular complexity index is 675. The van der Waals surface area contributed by atoms with Gasteiger partial charge in [0.1, 0.15) is 5.75 Å². The number of aromatic nitrogens is 2. The Labute approximate surface area is 117 Å². The Morgan fingerprint density at radius 3 is 2.40 bits per heavy atom. The summed E-state index contributed by atoms with van der Waals surface area (Å²) in [6.07, 6.45) is 1.16. The van der Waals surface area contributed by atoms with Crippen molar-refractivity contribution in [3.63, 3.8) is 0 Å². The van der Waals surface area contributed by atoms with Crippen LogP contribution in [0.2, 0.25) is 0 Å². The van der Waals surface area contributed by atoms with E-state index in [2.05, 4.69) is 10.1 Å². The molecule has 0 aliphatic rings. The van der Waals surface area contributed by atoms with Crippen LogP contribution in [0.1, 0.15) is 31.5 Å². The molecule has 0 aliphatic carbocycles. The summed E-state index contributed by atoms with van der Waals surface area (Å²) in [5.74, 6) is 1.76. The van der Waals surface area contributed by atoms with Crippen LogP contribution in [0.25, 0.3) is 0 Å². The molecular formula is C13H16N2O4S.